The number of carbonyl (C=O) groups is 1. The van der Waals surface area contributed by atoms with Crippen LogP contribution in [0.3, 0.4) is 0 Å². The molecule has 0 aliphatic carbocycles. The van der Waals surface area contributed by atoms with Crippen molar-refractivity contribution in [1.82, 2.24) is 10.2 Å². The molecular formula is C18H15F3N4O2S2. The van der Waals surface area contributed by atoms with E-state index in [4.69, 9.17) is 4.74 Å². The number of ether oxygens (including phenoxy) is 1. The average Bonchev–Trinajstić information content (AvgIpc) is 3.13. The van der Waals surface area contributed by atoms with Crippen LogP contribution in [0.15, 0.2) is 52.9 Å². The standard InChI is InChI=1S/C18H15F3N4O2S2/c1-27-14-7-3-6-13(9-14)23-16-24-25-17(29-16)28-10-15(26)22-12-5-2-4-11(8-12)18(19,20)21/h2-9H,10H2,1H3,(H,22,26)(H,23,24). The van der Waals surface area contributed by atoms with E-state index in [1.165, 1.54) is 23.5 Å². The first kappa shape index (κ1) is 20.9. The molecule has 0 saturated heterocycles. The SMILES string of the molecule is COc1cccc(Nc2nnc(SCC(=O)Nc3cccc(C(F)(F)F)c3)s2)c1. The number of nitrogens with one attached hydrogen (secondary N) is 2. The molecule has 0 unspecified atom stereocenters. The molecule has 0 saturated carbocycles. The second-order valence-corrected chi connectivity index (χ2v) is 7.85. The number of nitrogens with zero attached hydrogens (tertiary/aromatic N) is 2. The molecular weight excluding hydrogens is 425 g/mol. The van der Waals surface area contributed by atoms with Crippen molar-refractivity contribution >= 4 is 45.5 Å². The third-order valence-electron chi connectivity index (χ3n) is 3.53. The summed E-state index contributed by atoms with van der Waals surface area (Å²) in [7, 11) is 1.57. The summed E-state index contributed by atoms with van der Waals surface area (Å²) in [5, 5.41) is 14.1. The van der Waals surface area contributed by atoms with Crippen molar-refractivity contribution in [1.29, 1.82) is 0 Å². The summed E-state index contributed by atoms with van der Waals surface area (Å²) in [6.45, 7) is 0. The molecule has 0 bridgehead atoms. The van der Waals surface area contributed by atoms with Crippen LogP contribution in [0, 0.1) is 0 Å². The maximum absolute atomic E-state index is 12.7. The van der Waals surface area contributed by atoms with Crippen LogP contribution in [0.25, 0.3) is 0 Å². The summed E-state index contributed by atoms with van der Waals surface area (Å²) < 4.78 is 43.9. The van der Waals surface area contributed by atoms with Gasteiger partial charge in [-0.25, -0.2) is 0 Å². The first-order chi connectivity index (χ1) is 13.8. The van der Waals surface area contributed by atoms with Gasteiger partial charge in [-0.2, -0.15) is 13.2 Å². The van der Waals surface area contributed by atoms with Gasteiger partial charge in [0.2, 0.25) is 11.0 Å². The van der Waals surface area contributed by atoms with Crippen molar-refractivity contribution in [2.75, 3.05) is 23.5 Å². The smallest absolute Gasteiger partial charge is 0.416 e. The molecule has 0 spiro atoms. The van der Waals surface area contributed by atoms with E-state index < -0.39 is 17.6 Å². The molecule has 3 rings (SSSR count). The Labute approximate surface area is 172 Å². The fourth-order valence-electron chi connectivity index (χ4n) is 2.24. The third-order valence-corrected chi connectivity index (χ3v) is 5.50. The molecule has 0 aliphatic rings. The second kappa shape index (κ2) is 9.14. The van der Waals surface area contributed by atoms with Gasteiger partial charge >= 0.3 is 6.18 Å². The highest BCUT2D eigenvalue weighted by atomic mass is 32.2. The van der Waals surface area contributed by atoms with E-state index in [-0.39, 0.29) is 11.4 Å². The first-order valence-electron chi connectivity index (χ1n) is 8.18. The van der Waals surface area contributed by atoms with Crippen molar-refractivity contribution in [3.05, 3.63) is 54.1 Å². The molecule has 0 radical (unpaired) electrons. The number of hydrogen-bond donors (Lipinski definition) is 2. The number of alkyl halides is 3. The topological polar surface area (TPSA) is 76.1 Å². The van der Waals surface area contributed by atoms with Gasteiger partial charge < -0.3 is 15.4 Å². The number of methoxy groups -OCH3 is 1. The number of thioether (sulfide) groups is 1. The zero-order valence-corrected chi connectivity index (χ0v) is 16.6. The summed E-state index contributed by atoms with van der Waals surface area (Å²) in [6.07, 6.45) is -4.46. The van der Waals surface area contributed by atoms with Gasteiger partial charge in [0.25, 0.3) is 0 Å². The van der Waals surface area contributed by atoms with E-state index in [1.807, 2.05) is 18.2 Å². The predicted octanol–water partition coefficient (Wildman–Crippen LogP) is 5.04. The highest BCUT2D eigenvalue weighted by Gasteiger charge is 2.30. The van der Waals surface area contributed by atoms with E-state index in [2.05, 4.69) is 20.8 Å². The minimum atomic E-state index is -4.46. The lowest BCUT2D eigenvalue weighted by molar-refractivity contribution is -0.137. The number of rotatable bonds is 7. The number of halogens is 3. The monoisotopic (exact) mass is 440 g/mol. The quantitative estimate of drug-likeness (QED) is 0.502. The van der Waals surface area contributed by atoms with Crippen LogP contribution in [0.4, 0.5) is 29.7 Å². The van der Waals surface area contributed by atoms with Crippen molar-refractivity contribution in [2.24, 2.45) is 0 Å². The fraction of sp³-hybridized carbons (Fsp3) is 0.167. The Morgan fingerprint density at radius 1 is 1.14 bits per heavy atom. The summed E-state index contributed by atoms with van der Waals surface area (Å²) in [5.41, 5.74) is 0.0442. The zero-order valence-electron chi connectivity index (χ0n) is 15.0. The summed E-state index contributed by atoms with van der Waals surface area (Å²) in [6, 6.07) is 11.8. The summed E-state index contributed by atoms with van der Waals surface area (Å²) in [4.78, 5) is 12.0. The van der Waals surface area contributed by atoms with Gasteiger partial charge in [-0.05, 0) is 30.3 Å². The van der Waals surface area contributed by atoms with Gasteiger partial charge in [0.1, 0.15) is 5.75 Å². The van der Waals surface area contributed by atoms with E-state index in [0.717, 1.165) is 29.6 Å². The highest BCUT2D eigenvalue weighted by molar-refractivity contribution is 8.01. The molecule has 3 aromatic rings. The number of hydrogen-bond acceptors (Lipinski definition) is 7. The molecule has 1 aromatic heterocycles. The molecule has 29 heavy (non-hydrogen) atoms. The zero-order chi connectivity index (χ0) is 20.9. The predicted molar refractivity (Wildman–Crippen MR) is 107 cm³/mol. The molecule has 2 N–H and O–H groups in total. The molecule has 11 heteroatoms. The van der Waals surface area contributed by atoms with E-state index in [0.29, 0.717) is 15.2 Å². The van der Waals surface area contributed by atoms with Gasteiger partial charge in [0.05, 0.1) is 18.4 Å². The average molecular weight is 440 g/mol. The Hall–Kier alpha value is -2.79. The van der Waals surface area contributed by atoms with Crippen LogP contribution >= 0.6 is 23.1 Å². The largest absolute Gasteiger partial charge is 0.497 e. The van der Waals surface area contributed by atoms with Crippen molar-refractivity contribution in [3.8, 4) is 5.75 Å². The second-order valence-electron chi connectivity index (χ2n) is 5.65. The number of aromatic nitrogens is 2. The minimum absolute atomic E-state index is 0.00988. The molecule has 2 aromatic carbocycles. The Morgan fingerprint density at radius 2 is 1.90 bits per heavy atom. The van der Waals surface area contributed by atoms with Crippen LogP contribution in [0.2, 0.25) is 0 Å². The number of benzene rings is 2. The lowest BCUT2D eigenvalue weighted by atomic mass is 10.2. The molecule has 0 fully saturated rings. The van der Waals surface area contributed by atoms with Crippen molar-refractivity contribution < 1.29 is 22.7 Å². The number of amides is 1. The van der Waals surface area contributed by atoms with Crippen LogP contribution in [-0.4, -0.2) is 29.0 Å². The Morgan fingerprint density at radius 3 is 2.66 bits per heavy atom. The van der Waals surface area contributed by atoms with Crippen molar-refractivity contribution in [2.45, 2.75) is 10.5 Å². The van der Waals surface area contributed by atoms with Gasteiger partial charge in [0, 0.05) is 17.4 Å². The highest BCUT2D eigenvalue weighted by Crippen LogP contribution is 2.31. The van der Waals surface area contributed by atoms with Gasteiger partial charge in [-0.1, -0.05) is 35.2 Å². The number of carbonyl (C=O) groups excluding carboxylic acids is 1. The Bertz CT molecular complexity index is 995. The van der Waals surface area contributed by atoms with Crippen LogP contribution < -0.4 is 15.4 Å². The van der Waals surface area contributed by atoms with E-state index in [9.17, 15) is 18.0 Å². The third kappa shape index (κ3) is 6.09. The fourth-order valence-corrected chi connectivity index (χ4v) is 3.81. The first-order valence-corrected chi connectivity index (χ1v) is 9.98. The summed E-state index contributed by atoms with van der Waals surface area (Å²) in [5.74, 6) is 0.247. The maximum atomic E-state index is 12.7. The van der Waals surface area contributed by atoms with Gasteiger partial charge in [-0.15, -0.1) is 10.2 Å². The molecule has 1 amide bonds. The lowest BCUT2D eigenvalue weighted by Crippen LogP contribution is -2.15. The van der Waals surface area contributed by atoms with E-state index >= 15 is 0 Å². The van der Waals surface area contributed by atoms with Crippen LogP contribution in [-0.2, 0) is 11.0 Å². The van der Waals surface area contributed by atoms with Gasteiger partial charge in [-0.3, -0.25) is 4.79 Å². The van der Waals surface area contributed by atoms with Crippen molar-refractivity contribution in [3.63, 3.8) is 0 Å². The lowest BCUT2D eigenvalue weighted by Gasteiger charge is -2.09. The van der Waals surface area contributed by atoms with Crippen LogP contribution in [0.5, 0.6) is 5.75 Å². The normalized spacial score (nSPS) is 11.2. The number of anilines is 3. The molecule has 1 heterocycles. The molecule has 0 aliphatic heterocycles. The molecule has 6 nitrogen and oxygen atoms in total. The summed E-state index contributed by atoms with van der Waals surface area (Å²) >= 11 is 2.40. The maximum Gasteiger partial charge on any atom is 0.416 e. The van der Waals surface area contributed by atoms with E-state index in [1.54, 1.807) is 13.2 Å². The Kier molecular flexibility index (Phi) is 6.60. The van der Waals surface area contributed by atoms with Gasteiger partial charge in [0.15, 0.2) is 4.34 Å². The molecule has 0 atom stereocenters. The van der Waals surface area contributed by atoms with Crippen LogP contribution in [0.1, 0.15) is 5.56 Å². The molecule has 152 valence electrons. The minimum Gasteiger partial charge on any atom is -0.497 e. The Balaban J connectivity index is 1.53.